The van der Waals surface area contributed by atoms with Crippen molar-refractivity contribution >= 4 is 12.2 Å². The number of amides is 2. The lowest BCUT2D eigenvalue weighted by Gasteiger charge is -2.48. The average Bonchev–Trinajstić information content (AvgIpc) is 3.11. The summed E-state index contributed by atoms with van der Waals surface area (Å²) in [5.74, 6) is 0. The van der Waals surface area contributed by atoms with E-state index in [1.165, 1.54) is 10.0 Å². The van der Waals surface area contributed by atoms with Gasteiger partial charge < -0.3 is 14.2 Å². The van der Waals surface area contributed by atoms with Gasteiger partial charge in [0, 0.05) is 0 Å². The molecule has 22 heavy (non-hydrogen) atoms. The topological polar surface area (TPSA) is 71.6 Å². The number of carbonyl (C=O) groups excluding carboxylic acids is 2. The lowest BCUT2D eigenvalue weighted by molar-refractivity contribution is -0.0872. The van der Waals surface area contributed by atoms with Gasteiger partial charge in [-0.2, -0.15) is 0 Å². The van der Waals surface area contributed by atoms with Crippen molar-refractivity contribution in [1.29, 1.82) is 0 Å². The third-order valence-electron chi connectivity index (χ3n) is 4.10. The third kappa shape index (κ3) is 2.15. The molecule has 3 aliphatic heterocycles. The summed E-state index contributed by atoms with van der Waals surface area (Å²) in [5.41, 5.74) is -0.454. The van der Waals surface area contributed by atoms with Crippen LogP contribution in [0.25, 0.3) is 0 Å². The number of carbonyl (C=O) groups is 2. The summed E-state index contributed by atoms with van der Waals surface area (Å²) in [5, 5.41) is 2.66. The van der Waals surface area contributed by atoms with E-state index in [1.54, 1.807) is 27.7 Å². The van der Waals surface area contributed by atoms with Crippen molar-refractivity contribution in [2.24, 2.45) is 0 Å². The Morgan fingerprint density at radius 3 is 2.14 bits per heavy atom. The van der Waals surface area contributed by atoms with E-state index in [0.29, 0.717) is 0 Å². The summed E-state index contributed by atoms with van der Waals surface area (Å²) in [6.07, 6.45) is 2.01. The minimum absolute atomic E-state index is 0.106. The quantitative estimate of drug-likeness (QED) is 0.577. The van der Waals surface area contributed by atoms with Crippen LogP contribution >= 0.6 is 0 Å². The fraction of sp³-hybridized carbons (Fsp3) is 0.733. The summed E-state index contributed by atoms with van der Waals surface area (Å²) in [6.45, 7) is 9.02. The number of hydrogen-bond donors (Lipinski definition) is 0. The number of fused-ring (bicyclic) bond motifs is 1. The Bertz CT molecular complexity index is 532. The van der Waals surface area contributed by atoms with Gasteiger partial charge >= 0.3 is 12.2 Å². The SMILES string of the molecule is CC(C)OC(=O)N1C2C=CC(N1C(=O)OC(C)C)C1(C)OC21. The second kappa shape index (κ2) is 4.87. The largest absolute Gasteiger partial charge is 0.445 e. The Labute approximate surface area is 129 Å². The molecule has 3 heterocycles. The molecule has 2 bridgehead atoms. The van der Waals surface area contributed by atoms with Gasteiger partial charge in [0.2, 0.25) is 0 Å². The maximum atomic E-state index is 12.5. The van der Waals surface area contributed by atoms with Gasteiger partial charge in [-0.05, 0) is 34.6 Å². The predicted molar refractivity (Wildman–Crippen MR) is 76.9 cm³/mol. The van der Waals surface area contributed by atoms with Crippen LogP contribution in [0.4, 0.5) is 9.59 Å². The molecule has 1 aliphatic carbocycles. The standard InChI is InChI=1S/C15H22N2O5/c1-8(2)20-13(18)16-10-6-7-11(15(5)12(10)22-15)17(16)14(19)21-9(3)4/h6-12H,1-5H3. The molecule has 7 nitrogen and oxygen atoms in total. The van der Waals surface area contributed by atoms with E-state index in [0.717, 1.165) is 0 Å². The van der Waals surface area contributed by atoms with Crippen molar-refractivity contribution < 1.29 is 23.8 Å². The fourth-order valence-corrected chi connectivity index (χ4v) is 3.13. The van der Waals surface area contributed by atoms with Gasteiger partial charge in [-0.15, -0.1) is 0 Å². The number of rotatable bonds is 2. The van der Waals surface area contributed by atoms with E-state index in [4.69, 9.17) is 14.2 Å². The first kappa shape index (κ1) is 15.1. The molecule has 2 saturated heterocycles. The van der Waals surface area contributed by atoms with E-state index >= 15 is 0 Å². The first-order valence-electron chi connectivity index (χ1n) is 7.61. The minimum atomic E-state index is -0.565. The molecule has 2 fully saturated rings. The first-order valence-corrected chi connectivity index (χ1v) is 7.61. The molecular weight excluding hydrogens is 288 g/mol. The van der Waals surface area contributed by atoms with E-state index in [-0.39, 0.29) is 30.4 Å². The van der Waals surface area contributed by atoms with Crippen LogP contribution in [0.2, 0.25) is 0 Å². The third-order valence-corrected chi connectivity index (χ3v) is 4.10. The van der Waals surface area contributed by atoms with E-state index in [1.807, 2.05) is 19.1 Å². The highest BCUT2D eigenvalue weighted by molar-refractivity contribution is 5.77. The molecule has 0 spiro atoms. The number of ether oxygens (including phenoxy) is 3. The second-order valence-electron chi connectivity index (χ2n) is 6.60. The summed E-state index contributed by atoms with van der Waals surface area (Å²) >= 11 is 0. The lowest BCUT2D eigenvalue weighted by atomic mass is 9.85. The van der Waals surface area contributed by atoms with Crippen LogP contribution in [-0.4, -0.2) is 58.2 Å². The molecule has 0 saturated carbocycles. The predicted octanol–water partition coefficient (Wildman–Crippen LogP) is 2.07. The average molecular weight is 310 g/mol. The zero-order valence-corrected chi connectivity index (χ0v) is 13.5. The van der Waals surface area contributed by atoms with Crippen LogP contribution < -0.4 is 0 Å². The second-order valence-corrected chi connectivity index (χ2v) is 6.60. The molecule has 0 aromatic heterocycles. The molecule has 0 aromatic carbocycles. The first-order chi connectivity index (χ1) is 10.3. The number of hydrazine groups is 1. The van der Waals surface area contributed by atoms with Gasteiger partial charge in [-0.25, -0.2) is 19.6 Å². The Balaban J connectivity index is 1.90. The van der Waals surface area contributed by atoms with Crippen molar-refractivity contribution in [3.05, 3.63) is 12.2 Å². The van der Waals surface area contributed by atoms with Crippen LogP contribution in [0.5, 0.6) is 0 Å². The van der Waals surface area contributed by atoms with E-state index in [9.17, 15) is 9.59 Å². The molecule has 7 heteroatoms. The Kier molecular flexibility index (Phi) is 3.36. The minimum Gasteiger partial charge on any atom is -0.445 e. The van der Waals surface area contributed by atoms with Crippen molar-refractivity contribution in [3.8, 4) is 0 Å². The monoisotopic (exact) mass is 310 g/mol. The highest BCUT2D eigenvalue weighted by atomic mass is 16.6. The zero-order valence-electron chi connectivity index (χ0n) is 13.5. The smallest absolute Gasteiger partial charge is 0.429 e. The lowest BCUT2D eigenvalue weighted by Crippen LogP contribution is -2.69. The summed E-state index contributed by atoms with van der Waals surface area (Å²) in [7, 11) is 0. The molecule has 0 N–H and O–H groups in total. The van der Waals surface area contributed by atoms with Crippen LogP contribution in [0.1, 0.15) is 34.6 Å². The molecule has 4 rings (SSSR count). The van der Waals surface area contributed by atoms with Crippen LogP contribution in [0.15, 0.2) is 12.2 Å². The molecule has 2 amide bonds. The molecule has 0 aromatic rings. The molecule has 4 unspecified atom stereocenters. The van der Waals surface area contributed by atoms with Gasteiger partial charge in [0.25, 0.3) is 0 Å². The van der Waals surface area contributed by atoms with Crippen LogP contribution in [0, 0.1) is 0 Å². The molecule has 4 aliphatic rings. The van der Waals surface area contributed by atoms with E-state index in [2.05, 4.69) is 0 Å². The van der Waals surface area contributed by atoms with Crippen molar-refractivity contribution in [1.82, 2.24) is 10.0 Å². The van der Waals surface area contributed by atoms with Gasteiger partial charge in [0.15, 0.2) is 0 Å². The van der Waals surface area contributed by atoms with Crippen molar-refractivity contribution in [2.45, 2.75) is 70.6 Å². The van der Waals surface area contributed by atoms with Gasteiger partial charge in [-0.1, -0.05) is 12.2 Å². The van der Waals surface area contributed by atoms with Gasteiger partial charge in [0.05, 0.1) is 12.2 Å². The molecular formula is C15H22N2O5. The van der Waals surface area contributed by atoms with Crippen LogP contribution in [-0.2, 0) is 14.2 Å². The maximum absolute atomic E-state index is 12.5. The highest BCUT2D eigenvalue weighted by Gasteiger charge is 2.71. The van der Waals surface area contributed by atoms with E-state index < -0.39 is 17.8 Å². The Morgan fingerprint density at radius 2 is 1.59 bits per heavy atom. The summed E-state index contributed by atoms with van der Waals surface area (Å²) in [4.78, 5) is 24.9. The Morgan fingerprint density at radius 1 is 1.05 bits per heavy atom. The molecule has 122 valence electrons. The zero-order chi connectivity index (χ0) is 16.2. The number of nitrogens with zero attached hydrogens (tertiary/aromatic N) is 2. The van der Waals surface area contributed by atoms with Gasteiger partial charge in [0.1, 0.15) is 23.8 Å². The normalized spacial score (nSPS) is 35.0. The highest BCUT2D eigenvalue weighted by Crippen LogP contribution is 2.53. The molecule has 4 atom stereocenters. The fourth-order valence-electron chi connectivity index (χ4n) is 3.13. The van der Waals surface area contributed by atoms with Gasteiger partial charge in [-0.3, -0.25) is 0 Å². The number of epoxide rings is 1. The summed E-state index contributed by atoms with van der Waals surface area (Å²) in [6, 6.07) is -0.713. The molecule has 0 radical (unpaired) electrons. The summed E-state index contributed by atoms with van der Waals surface area (Å²) < 4.78 is 16.3. The van der Waals surface area contributed by atoms with Crippen molar-refractivity contribution in [3.63, 3.8) is 0 Å². The van der Waals surface area contributed by atoms with Crippen molar-refractivity contribution in [2.75, 3.05) is 0 Å². The van der Waals surface area contributed by atoms with Crippen LogP contribution in [0.3, 0.4) is 0 Å². The number of hydrogen-bond acceptors (Lipinski definition) is 5. The maximum Gasteiger partial charge on any atom is 0.429 e. The Hall–Kier alpha value is -1.76.